The van der Waals surface area contributed by atoms with Gasteiger partial charge in [-0.15, -0.1) is 24.0 Å². The molecular formula is C19H33IN4O5S. The monoisotopic (exact) mass is 556 g/mol. The Bertz CT molecular complexity index is 770. The summed E-state index contributed by atoms with van der Waals surface area (Å²) in [5.74, 6) is 1.61. The van der Waals surface area contributed by atoms with Crippen LogP contribution in [0.2, 0.25) is 0 Å². The van der Waals surface area contributed by atoms with Gasteiger partial charge in [-0.05, 0) is 38.3 Å². The van der Waals surface area contributed by atoms with Crippen molar-refractivity contribution in [1.29, 1.82) is 0 Å². The first-order valence-electron chi connectivity index (χ1n) is 9.83. The molecule has 1 aromatic carbocycles. The summed E-state index contributed by atoms with van der Waals surface area (Å²) < 4.78 is 43.1. The van der Waals surface area contributed by atoms with E-state index in [2.05, 4.69) is 20.3 Å². The number of benzene rings is 1. The number of anilines is 1. The molecular weight excluding hydrogens is 523 g/mol. The molecule has 30 heavy (non-hydrogen) atoms. The lowest BCUT2D eigenvalue weighted by Gasteiger charge is -2.22. The second kappa shape index (κ2) is 13.9. The molecule has 2 rings (SSSR count). The highest BCUT2D eigenvalue weighted by Crippen LogP contribution is 2.29. The van der Waals surface area contributed by atoms with Crippen molar-refractivity contribution in [2.75, 3.05) is 51.5 Å². The van der Waals surface area contributed by atoms with Gasteiger partial charge in [0.15, 0.2) is 17.5 Å². The van der Waals surface area contributed by atoms with Crippen molar-refractivity contribution in [2.24, 2.45) is 4.99 Å². The Labute approximate surface area is 196 Å². The van der Waals surface area contributed by atoms with Gasteiger partial charge in [0, 0.05) is 31.5 Å². The SMILES string of the molecule is CCNC(=NCCS(=O)(=O)NCC1CCCCO1)Nc1ccc(OC)c(OC)c1.I. The summed E-state index contributed by atoms with van der Waals surface area (Å²) in [7, 11) is -0.272. The zero-order valence-electron chi connectivity index (χ0n) is 17.8. The van der Waals surface area contributed by atoms with E-state index in [1.165, 1.54) is 0 Å². The van der Waals surface area contributed by atoms with Gasteiger partial charge < -0.3 is 24.8 Å². The van der Waals surface area contributed by atoms with Crippen molar-refractivity contribution in [2.45, 2.75) is 32.3 Å². The van der Waals surface area contributed by atoms with Crippen molar-refractivity contribution < 1.29 is 22.6 Å². The van der Waals surface area contributed by atoms with Crippen LogP contribution in [-0.2, 0) is 14.8 Å². The molecule has 11 heteroatoms. The zero-order chi connectivity index (χ0) is 21.1. The number of nitrogens with one attached hydrogen (secondary N) is 3. The molecule has 0 saturated carbocycles. The Hall–Kier alpha value is -1.31. The van der Waals surface area contributed by atoms with E-state index >= 15 is 0 Å². The number of methoxy groups -OCH3 is 2. The highest BCUT2D eigenvalue weighted by molar-refractivity contribution is 14.0. The lowest BCUT2D eigenvalue weighted by Crippen LogP contribution is -2.37. The minimum atomic E-state index is -3.41. The highest BCUT2D eigenvalue weighted by Gasteiger charge is 2.17. The number of ether oxygens (including phenoxy) is 3. The summed E-state index contributed by atoms with van der Waals surface area (Å²) in [5.41, 5.74) is 0.748. The fourth-order valence-electron chi connectivity index (χ4n) is 2.90. The average molecular weight is 556 g/mol. The number of halogens is 1. The van der Waals surface area contributed by atoms with E-state index in [0.717, 1.165) is 24.9 Å². The molecule has 1 aliphatic rings. The molecule has 1 atom stereocenters. The van der Waals surface area contributed by atoms with Crippen LogP contribution in [0.3, 0.4) is 0 Å². The minimum Gasteiger partial charge on any atom is -0.493 e. The molecule has 1 heterocycles. The van der Waals surface area contributed by atoms with E-state index in [1.807, 2.05) is 13.0 Å². The Morgan fingerprint density at radius 2 is 2.00 bits per heavy atom. The normalized spacial score (nSPS) is 17.0. The molecule has 172 valence electrons. The largest absolute Gasteiger partial charge is 0.493 e. The first-order valence-corrected chi connectivity index (χ1v) is 11.5. The molecule has 1 fully saturated rings. The minimum absolute atomic E-state index is 0. The number of guanidine groups is 1. The van der Waals surface area contributed by atoms with E-state index in [9.17, 15) is 8.42 Å². The summed E-state index contributed by atoms with van der Waals surface area (Å²) in [5, 5.41) is 6.24. The molecule has 3 N–H and O–H groups in total. The van der Waals surface area contributed by atoms with Gasteiger partial charge in [0.05, 0.1) is 32.6 Å². The third kappa shape index (κ3) is 9.23. The van der Waals surface area contributed by atoms with Crippen molar-refractivity contribution >= 4 is 45.6 Å². The van der Waals surface area contributed by atoms with Crippen molar-refractivity contribution in [3.05, 3.63) is 18.2 Å². The Morgan fingerprint density at radius 3 is 2.63 bits per heavy atom. The molecule has 0 spiro atoms. The maximum absolute atomic E-state index is 12.2. The average Bonchev–Trinajstić information content (AvgIpc) is 2.73. The van der Waals surface area contributed by atoms with Crippen molar-refractivity contribution in [1.82, 2.24) is 10.0 Å². The predicted octanol–water partition coefficient (Wildman–Crippen LogP) is 2.19. The van der Waals surface area contributed by atoms with Gasteiger partial charge in [-0.2, -0.15) is 0 Å². The maximum atomic E-state index is 12.2. The van der Waals surface area contributed by atoms with Crippen LogP contribution in [0.15, 0.2) is 23.2 Å². The molecule has 0 bridgehead atoms. The molecule has 1 aromatic rings. The third-order valence-corrected chi connectivity index (χ3v) is 5.75. The first kappa shape index (κ1) is 26.7. The van der Waals surface area contributed by atoms with Crippen LogP contribution in [-0.4, -0.2) is 66.7 Å². The molecule has 0 aliphatic carbocycles. The lowest BCUT2D eigenvalue weighted by atomic mass is 10.1. The van der Waals surface area contributed by atoms with Gasteiger partial charge in [0.1, 0.15) is 0 Å². The van der Waals surface area contributed by atoms with Gasteiger partial charge in [0.2, 0.25) is 10.0 Å². The number of aliphatic imine (C=N–C) groups is 1. The quantitative estimate of drug-likeness (QED) is 0.230. The van der Waals surface area contributed by atoms with Gasteiger partial charge in [-0.25, -0.2) is 13.1 Å². The summed E-state index contributed by atoms with van der Waals surface area (Å²) in [6.07, 6.45) is 2.97. The van der Waals surface area contributed by atoms with E-state index in [0.29, 0.717) is 37.2 Å². The number of sulfonamides is 1. The van der Waals surface area contributed by atoms with Gasteiger partial charge in [-0.3, -0.25) is 4.99 Å². The first-order chi connectivity index (χ1) is 14.0. The topological polar surface area (TPSA) is 110 Å². The molecule has 0 radical (unpaired) electrons. The maximum Gasteiger partial charge on any atom is 0.213 e. The standard InChI is InChI=1S/C19H32N4O5S.HI/c1-4-20-19(23-15-8-9-17(26-2)18(13-15)27-3)21-10-12-29(24,25)22-14-16-7-5-6-11-28-16;/h8-9,13,16,22H,4-7,10-12,14H2,1-3H3,(H2,20,21,23);1H. The van der Waals surface area contributed by atoms with E-state index in [1.54, 1.807) is 26.4 Å². The van der Waals surface area contributed by atoms with Crippen molar-refractivity contribution in [3.8, 4) is 11.5 Å². The van der Waals surface area contributed by atoms with Crippen LogP contribution in [0.4, 0.5) is 5.69 Å². The smallest absolute Gasteiger partial charge is 0.213 e. The second-order valence-corrected chi connectivity index (χ2v) is 8.54. The van der Waals surface area contributed by atoms with Gasteiger partial charge >= 0.3 is 0 Å². The Morgan fingerprint density at radius 1 is 1.23 bits per heavy atom. The van der Waals surface area contributed by atoms with Gasteiger partial charge in [-0.1, -0.05) is 0 Å². The van der Waals surface area contributed by atoms with Crippen molar-refractivity contribution in [3.63, 3.8) is 0 Å². The van der Waals surface area contributed by atoms with Gasteiger partial charge in [0.25, 0.3) is 0 Å². The van der Waals surface area contributed by atoms with Crippen LogP contribution >= 0.6 is 24.0 Å². The van der Waals surface area contributed by atoms with Crippen LogP contribution in [0.5, 0.6) is 11.5 Å². The van der Waals surface area contributed by atoms with Crippen LogP contribution in [0.1, 0.15) is 26.2 Å². The zero-order valence-corrected chi connectivity index (χ0v) is 20.9. The fraction of sp³-hybridized carbons (Fsp3) is 0.632. The molecule has 1 unspecified atom stereocenters. The molecule has 1 saturated heterocycles. The molecule has 0 aromatic heterocycles. The summed E-state index contributed by atoms with van der Waals surface area (Å²) in [6.45, 7) is 3.72. The molecule has 0 amide bonds. The molecule has 9 nitrogen and oxygen atoms in total. The third-order valence-electron chi connectivity index (χ3n) is 4.43. The van der Waals surface area contributed by atoms with E-state index < -0.39 is 10.0 Å². The fourth-order valence-corrected chi connectivity index (χ4v) is 3.81. The van der Waals surface area contributed by atoms with E-state index in [-0.39, 0.29) is 42.4 Å². The van der Waals surface area contributed by atoms with Crippen LogP contribution in [0, 0.1) is 0 Å². The number of rotatable bonds is 10. The summed E-state index contributed by atoms with van der Waals surface area (Å²) in [4.78, 5) is 4.36. The summed E-state index contributed by atoms with van der Waals surface area (Å²) >= 11 is 0. The Balaban J connectivity index is 0.00000450. The number of hydrogen-bond donors (Lipinski definition) is 3. The number of nitrogens with zero attached hydrogens (tertiary/aromatic N) is 1. The summed E-state index contributed by atoms with van der Waals surface area (Å²) in [6, 6.07) is 5.40. The van der Waals surface area contributed by atoms with Crippen LogP contribution in [0.25, 0.3) is 0 Å². The van der Waals surface area contributed by atoms with Crippen LogP contribution < -0.4 is 24.8 Å². The highest BCUT2D eigenvalue weighted by atomic mass is 127. The Kier molecular flexibility index (Phi) is 12.4. The number of hydrogen-bond acceptors (Lipinski definition) is 6. The van der Waals surface area contributed by atoms with E-state index in [4.69, 9.17) is 14.2 Å². The lowest BCUT2D eigenvalue weighted by molar-refractivity contribution is 0.0200. The molecule has 1 aliphatic heterocycles. The predicted molar refractivity (Wildman–Crippen MR) is 130 cm³/mol. The second-order valence-electron chi connectivity index (χ2n) is 6.61.